The predicted molar refractivity (Wildman–Crippen MR) is 50.6 cm³/mol. The van der Waals surface area contributed by atoms with Crippen molar-refractivity contribution in [2.75, 3.05) is 17.6 Å². The van der Waals surface area contributed by atoms with E-state index in [1.807, 2.05) is 0 Å². The van der Waals surface area contributed by atoms with Crippen molar-refractivity contribution in [3.63, 3.8) is 0 Å². The zero-order valence-electron chi connectivity index (χ0n) is 6.89. The van der Waals surface area contributed by atoms with Gasteiger partial charge in [0.1, 0.15) is 0 Å². The zero-order valence-corrected chi connectivity index (χ0v) is 7.70. The quantitative estimate of drug-likeness (QED) is 0.749. The molecule has 4 heteroatoms. The van der Waals surface area contributed by atoms with Crippen LogP contribution in [-0.2, 0) is 0 Å². The van der Waals surface area contributed by atoms with Crippen LogP contribution in [0.25, 0.3) is 0 Å². The van der Waals surface area contributed by atoms with Crippen molar-refractivity contribution in [3.8, 4) is 0 Å². The Labute approximate surface area is 79.5 Å². The Bertz CT molecular complexity index is 314. The highest BCUT2D eigenvalue weighted by molar-refractivity contribution is 7.99. The van der Waals surface area contributed by atoms with Crippen molar-refractivity contribution in [2.45, 2.75) is 11.3 Å². The molecular formula is C9H9F2NS. The van der Waals surface area contributed by atoms with Crippen molar-refractivity contribution in [3.05, 3.63) is 23.8 Å². The molecule has 0 bridgehead atoms. The van der Waals surface area contributed by atoms with Gasteiger partial charge in [-0.1, -0.05) is 6.07 Å². The van der Waals surface area contributed by atoms with Crippen molar-refractivity contribution in [2.24, 2.45) is 0 Å². The first-order valence-corrected chi connectivity index (χ1v) is 5.05. The van der Waals surface area contributed by atoms with Crippen molar-refractivity contribution < 1.29 is 8.78 Å². The Morgan fingerprint density at radius 2 is 2.23 bits per heavy atom. The molecule has 0 radical (unpaired) electrons. The molecule has 1 nitrogen and oxygen atoms in total. The molecule has 70 valence electrons. The number of anilines is 1. The predicted octanol–water partition coefficient (Wildman–Crippen LogP) is 3.14. The SMILES string of the molecule is FC(F)c1ccc2c(c1)SCCN2. The summed E-state index contributed by atoms with van der Waals surface area (Å²) < 4.78 is 24.6. The Morgan fingerprint density at radius 3 is 3.00 bits per heavy atom. The number of alkyl halides is 2. The van der Waals surface area contributed by atoms with Crippen LogP contribution in [0.3, 0.4) is 0 Å². The Hall–Kier alpha value is -0.770. The monoisotopic (exact) mass is 201 g/mol. The van der Waals surface area contributed by atoms with Gasteiger partial charge >= 0.3 is 0 Å². The van der Waals surface area contributed by atoms with E-state index in [0.717, 1.165) is 22.9 Å². The third-order valence-electron chi connectivity index (χ3n) is 1.93. The third-order valence-corrected chi connectivity index (χ3v) is 2.99. The number of halogens is 2. The molecule has 0 aliphatic carbocycles. The first-order valence-electron chi connectivity index (χ1n) is 4.06. The van der Waals surface area contributed by atoms with Gasteiger partial charge in [0.2, 0.25) is 0 Å². The van der Waals surface area contributed by atoms with Crippen molar-refractivity contribution in [1.29, 1.82) is 0 Å². The zero-order chi connectivity index (χ0) is 9.26. The summed E-state index contributed by atoms with van der Waals surface area (Å²) in [6, 6.07) is 4.77. The van der Waals surface area contributed by atoms with Crippen LogP contribution in [0.4, 0.5) is 14.5 Å². The normalized spacial score (nSPS) is 15.3. The number of benzene rings is 1. The number of fused-ring (bicyclic) bond motifs is 1. The number of nitrogens with one attached hydrogen (secondary N) is 1. The van der Waals surface area contributed by atoms with Crippen LogP contribution in [0.1, 0.15) is 12.0 Å². The number of rotatable bonds is 1. The van der Waals surface area contributed by atoms with E-state index >= 15 is 0 Å². The third kappa shape index (κ3) is 1.77. The smallest absolute Gasteiger partial charge is 0.263 e. The molecule has 1 heterocycles. The lowest BCUT2D eigenvalue weighted by Crippen LogP contribution is -2.10. The second kappa shape index (κ2) is 3.54. The van der Waals surface area contributed by atoms with Gasteiger partial charge in [0.15, 0.2) is 0 Å². The minimum Gasteiger partial charge on any atom is -0.383 e. The van der Waals surface area contributed by atoms with E-state index in [4.69, 9.17) is 0 Å². The highest BCUT2D eigenvalue weighted by Gasteiger charge is 2.13. The molecule has 0 saturated heterocycles. The molecule has 2 rings (SSSR count). The van der Waals surface area contributed by atoms with Crippen molar-refractivity contribution in [1.82, 2.24) is 0 Å². The maximum absolute atomic E-state index is 12.3. The topological polar surface area (TPSA) is 12.0 Å². The minimum absolute atomic E-state index is 0.106. The lowest BCUT2D eigenvalue weighted by Gasteiger charge is -2.17. The summed E-state index contributed by atoms with van der Waals surface area (Å²) in [6.45, 7) is 0.908. The molecule has 0 amide bonds. The fourth-order valence-electron chi connectivity index (χ4n) is 1.29. The van der Waals surface area contributed by atoms with Gasteiger partial charge in [-0.2, -0.15) is 0 Å². The molecule has 1 N–H and O–H groups in total. The minimum atomic E-state index is -2.37. The van der Waals surface area contributed by atoms with Gasteiger partial charge in [0, 0.05) is 28.4 Å². The first kappa shape index (κ1) is 8.81. The van der Waals surface area contributed by atoms with Crippen LogP contribution >= 0.6 is 11.8 Å². The largest absolute Gasteiger partial charge is 0.383 e. The van der Waals surface area contributed by atoms with Crippen LogP contribution in [0.2, 0.25) is 0 Å². The first-order chi connectivity index (χ1) is 6.27. The van der Waals surface area contributed by atoms with E-state index in [0.29, 0.717) is 0 Å². The number of thioether (sulfide) groups is 1. The van der Waals surface area contributed by atoms with Gasteiger partial charge in [0.05, 0.1) is 0 Å². The van der Waals surface area contributed by atoms with E-state index in [-0.39, 0.29) is 5.56 Å². The lowest BCUT2D eigenvalue weighted by molar-refractivity contribution is 0.151. The molecule has 1 aromatic carbocycles. The number of hydrogen-bond acceptors (Lipinski definition) is 2. The molecule has 0 fully saturated rings. The van der Waals surface area contributed by atoms with Crippen LogP contribution < -0.4 is 5.32 Å². The van der Waals surface area contributed by atoms with Gasteiger partial charge in [-0.3, -0.25) is 0 Å². The Kier molecular flexibility index (Phi) is 2.40. The standard InChI is InChI=1S/C9H9F2NS/c10-9(11)6-1-2-7-8(5-6)13-4-3-12-7/h1-2,5,9,12H,3-4H2. The van der Waals surface area contributed by atoms with E-state index < -0.39 is 6.43 Å². The second-order valence-electron chi connectivity index (χ2n) is 2.83. The van der Waals surface area contributed by atoms with Gasteiger partial charge in [0.25, 0.3) is 6.43 Å². The molecule has 0 atom stereocenters. The van der Waals surface area contributed by atoms with E-state index in [1.165, 1.54) is 6.07 Å². The van der Waals surface area contributed by atoms with Crippen molar-refractivity contribution >= 4 is 17.4 Å². The summed E-state index contributed by atoms with van der Waals surface area (Å²) in [5.41, 5.74) is 1.08. The molecule has 1 aliphatic heterocycles. The van der Waals surface area contributed by atoms with Crippen LogP contribution in [0.5, 0.6) is 0 Å². The van der Waals surface area contributed by atoms with Gasteiger partial charge in [-0.25, -0.2) is 8.78 Å². The average Bonchev–Trinajstić information content (AvgIpc) is 2.17. The molecule has 0 aromatic heterocycles. The Morgan fingerprint density at radius 1 is 1.38 bits per heavy atom. The molecular weight excluding hydrogens is 192 g/mol. The van der Waals surface area contributed by atoms with Gasteiger partial charge < -0.3 is 5.32 Å². The molecule has 1 aliphatic rings. The Balaban J connectivity index is 2.35. The molecule has 0 saturated carbocycles. The van der Waals surface area contributed by atoms with E-state index in [9.17, 15) is 8.78 Å². The highest BCUT2D eigenvalue weighted by atomic mass is 32.2. The highest BCUT2D eigenvalue weighted by Crippen LogP contribution is 2.33. The van der Waals surface area contributed by atoms with Crippen LogP contribution in [-0.4, -0.2) is 12.3 Å². The average molecular weight is 201 g/mol. The molecule has 1 aromatic rings. The number of hydrogen-bond donors (Lipinski definition) is 1. The summed E-state index contributed by atoms with van der Waals surface area (Å²) in [5, 5.41) is 3.16. The fraction of sp³-hybridized carbons (Fsp3) is 0.333. The van der Waals surface area contributed by atoms with E-state index in [1.54, 1.807) is 23.9 Å². The maximum atomic E-state index is 12.3. The van der Waals surface area contributed by atoms with E-state index in [2.05, 4.69) is 5.32 Å². The molecule has 0 unspecified atom stereocenters. The second-order valence-corrected chi connectivity index (χ2v) is 3.97. The summed E-state index contributed by atoms with van der Waals surface area (Å²) in [5.74, 6) is 0.944. The lowest BCUT2D eigenvalue weighted by atomic mass is 10.2. The summed E-state index contributed by atoms with van der Waals surface area (Å²) in [6.07, 6.45) is -2.37. The fourth-order valence-corrected chi connectivity index (χ4v) is 2.23. The van der Waals surface area contributed by atoms with Gasteiger partial charge in [-0.15, -0.1) is 11.8 Å². The van der Waals surface area contributed by atoms with Gasteiger partial charge in [-0.05, 0) is 12.1 Å². The summed E-state index contributed by atoms with van der Waals surface area (Å²) in [4.78, 5) is 0.934. The summed E-state index contributed by atoms with van der Waals surface area (Å²) in [7, 11) is 0. The summed E-state index contributed by atoms with van der Waals surface area (Å²) >= 11 is 1.62. The molecule has 13 heavy (non-hydrogen) atoms. The molecule has 0 spiro atoms. The van der Waals surface area contributed by atoms with Crippen LogP contribution in [0, 0.1) is 0 Å². The maximum Gasteiger partial charge on any atom is 0.263 e. The van der Waals surface area contributed by atoms with Crippen LogP contribution in [0.15, 0.2) is 23.1 Å².